The molecule has 0 aromatic heterocycles. The Morgan fingerprint density at radius 3 is 0.983 bits per heavy atom. The van der Waals surface area contributed by atoms with Crippen molar-refractivity contribution in [3.63, 3.8) is 0 Å². The molecule has 0 saturated carbocycles. The molecule has 0 amide bonds. The molecule has 1 aliphatic rings. The molecule has 6 aromatic carbocycles. The summed E-state index contributed by atoms with van der Waals surface area (Å²) in [6.07, 6.45) is 0. The fraction of sp³-hybridized carbons (Fsp3) is 0.143. The second kappa shape index (κ2) is 19.8. The zero-order valence-corrected chi connectivity index (χ0v) is 36.1. The maximum atomic E-state index is 7.02. The molecule has 0 radical (unpaired) electrons. The molecule has 0 bridgehead atoms. The van der Waals surface area contributed by atoms with Gasteiger partial charge in [-0.3, -0.25) is 0 Å². The lowest BCUT2D eigenvalue weighted by Gasteiger charge is -2.43. The van der Waals surface area contributed by atoms with Gasteiger partial charge in [-0.25, -0.2) is 0 Å². The van der Waals surface area contributed by atoms with Gasteiger partial charge in [0.05, 0.1) is 42.7 Å². The molecule has 0 N–H and O–H groups in total. The predicted molar refractivity (Wildman–Crippen MR) is 229 cm³/mol. The van der Waals surface area contributed by atoms with Crippen molar-refractivity contribution in [3.05, 3.63) is 146 Å². The first-order valence-electron chi connectivity index (χ1n) is 18.1. The van der Waals surface area contributed by atoms with E-state index in [0.717, 1.165) is 0 Å². The Hall–Kier alpha value is -6.07. The van der Waals surface area contributed by atoms with E-state index in [-0.39, 0.29) is 0 Å². The van der Waals surface area contributed by atoms with Crippen LogP contribution in [0.15, 0.2) is 150 Å². The first kappa shape index (κ1) is 42.1. The Bertz CT molecular complexity index is 2270. The van der Waals surface area contributed by atoms with Crippen LogP contribution < -0.4 is 56.2 Å². The van der Waals surface area contributed by atoms with Crippen LogP contribution in [0.4, 0.5) is 0 Å². The monoisotopic (exact) mass is 873 g/mol. The van der Waals surface area contributed by atoms with E-state index in [0.29, 0.717) is 69.0 Å². The first-order valence-corrected chi connectivity index (χ1v) is 22.0. The molecule has 0 spiro atoms. The van der Waals surface area contributed by atoms with Gasteiger partial charge in [0.25, 0.3) is 0 Å². The van der Waals surface area contributed by atoms with Gasteiger partial charge in [0.15, 0.2) is 0 Å². The van der Waals surface area contributed by atoms with Gasteiger partial charge in [-0.05, 0) is 146 Å². The van der Waals surface area contributed by atoms with Crippen LogP contribution >= 0.6 is 24.6 Å². The molecule has 6 aromatic rings. The Morgan fingerprint density at radius 2 is 0.633 bits per heavy atom. The molecule has 7 rings (SSSR count). The largest absolute Gasteiger partial charge is 0.497 e. The van der Waals surface area contributed by atoms with Crippen LogP contribution in [0.5, 0.6) is 69.0 Å². The molecular formula is C42H42N3O12P3. The van der Waals surface area contributed by atoms with Crippen molar-refractivity contribution in [3.8, 4) is 69.0 Å². The number of nitrogens with zero attached hydrogens (tertiary/aromatic N) is 3. The van der Waals surface area contributed by atoms with Gasteiger partial charge >= 0.3 is 24.6 Å². The number of hydrogen-bond acceptors (Lipinski definition) is 15. The molecule has 312 valence electrons. The summed E-state index contributed by atoms with van der Waals surface area (Å²) >= 11 is 0. The Morgan fingerprint density at radius 1 is 0.350 bits per heavy atom. The zero-order chi connectivity index (χ0) is 41.9. The highest BCUT2D eigenvalue weighted by Gasteiger charge is 2.58. The maximum Gasteiger partial charge on any atom is 0.447 e. The fourth-order valence-electron chi connectivity index (χ4n) is 5.27. The van der Waals surface area contributed by atoms with E-state index in [1.165, 1.54) is 9.21 Å². The van der Waals surface area contributed by atoms with Crippen molar-refractivity contribution in [2.24, 2.45) is 4.52 Å². The Kier molecular flexibility index (Phi) is 13.9. The number of methoxy groups -OCH3 is 6. The summed E-state index contributed by atoms with van der Waals surface area (Å²) in [6.45, 7) is 0. The number of hydrogen-bond donors (Lipinski definition) is 0. The summed E-state index contributed by atoms with van der Waals surface area (Å²) < 4.78 is 68.9. The predicted octanol–water partition coefficient (Wildman–Crippen LogP) is 11.4. The van der Waals surface area contributed by atoms with Crippen molar-refractivity contribution in [1.29, 1.82) is 0 Å². The van der Waals surface area contributed by atoms with E-state index in [1.54, 1.807) is 188 Å². The lowest BCUT2D eigenvalue weighted by molar-refractivity contribution is 0.0545. The third-order valence-corrected chi connectivity index (χ3v) is 15.3. The van der Waals surface area contributed by atoms with Gasteiger partial charge < -0.3 is 56.2 Å². The standard InChI is InChI=1S/C42H42N3O12P3/c1-46-31-7-19-37(20-8-31)52-44-58(54-39-23-11-33(48-3)12-24-39)43-60(56-41-27-15-35(50-5)16-28-41,57-42-29-17-36(51-6)18-30-42)45(53-38-21-9-32(47-2)10-22-38)59(44)55-40-25-13-34(49-4)14-26-40/h7-30H,1-6H3. The van der Waals surface area contributed by atoms with Crippen LogP contribution in [0.25, 0.3) is 0 Å². The fourth-order valence-corrected chi connectivity index (χ4v) is 12.8. The molecule has 18 heteroatoms. The molecule has 2 atom stereocenters. The summed E-state index contributed by atoms with van der Waals surface area (Å²) in [7, 11) is 0.913. The quantitative estimate of drug-likeness (QED) is 0.0759. The van der Waals surface area contributed by atoms with E-state index in [9.17, 15) is 0 Å². The van der Waals surface area contributed by atoms with Crippen molar-refractivity contribution in [1.82, 2.24) is 9.21 Å². The third kappa shape index (κ3) is 10.2. The SMILES string of the molecule is COc1ccc(ON2P(Oc3ccc(OC)cc3)N=P(Oc3ccc(OC)cc3)(Oc3ccc(OC)cc3)N(Oc3ccc(OC)cc3)P2Oc2ccc(OC)cc2)cc1. The number of ether oxygens (including phenoxy) is 6. The molecule has 0 aliphatic carbocycles. The summed E-state index contributed by atoms with van der Waals surface area (Å²) in [5.41, 5.74) is 0. The molecule has 2 unspecified atom stereocenters. The van der Waals surface area contributed by atoms with E-state index in [1.807, 2.05) is 0 Å². The average Bonchev–Trinajstić information content (AvgIpc) is 3.30. The van der Waals surface area contributed by atoms with Gasteiger partial charge in [-0.15, -0.1) is 4.52 Å². The van der Waals surface area contributed by atoms with Crippen molar-refractivity contribution in [2.75, 3.05) is 42.7 Å². The molecule has 0 fully saturated rings. The normalized spacial score (nSPS) is 16.0. The summed E-state index contributed by atoms with van der Waals surface area (Å²) in [5, 5.41) is 0. The number of rotatable bonds is 18. The summed E-state index contributed by atoms with van der Waals surface area (Å²) in [6, 6.07) is 42.4. The summed E-state index contributed by atoms with van der Waals surface area (Å²) in [5.74, 6) is 6.20. The van der Waals surface area contributed by atoms with Gasteiger partial charge in [-0.2, -0.15) is 0 Å². The topological polar surface area (TPSA) is 130 Å². The van der Waals surface area contributed by atoms with E-state index in [2.05, 4.69) is 0 Å². The Balaban J connectivity index is 1.48. The van der Waals surface area contributed by atoms with Crippen LogP contribution in [-0.2, 0) is 0 Å². The lowest BCUT2D eigenvalue weighted by Crippen LogP contribution is -2.37. The molecular weight excluding hydrogens is 831 g/mol. The van der Waals surface area contributed by atoms with Crippen molar-refractivity contribution < 1.29 is 56.2 Å². The van der Waals surface area contributed by atoms with Crippen LogP contribution in [0.1, 0.15) is 0 Å². The number of benzene rings is 6. The summed E-state index contributed by atoms with van der Waals surface area (Å²) in [4.78, 5) is 13.6. The minimum atomic E-state index is -4.01. The Labute approximate surface area is 350 Å². The van der Waals surface area contributed by atoms with Gasteiger partial charge in [0.2, 0.25) is 0 Å². The smallest absolute Gasteiger partial charge is 0.447 e. The minimum absolute atomic E-state index is 0.379. The van der Waals surface area contributed by atoms with Crippen molar-refractivity contribution >= 4 is 24.6 Å². The average molecular weight is 874 g/mol. The van der Waals surface area contributed by atoms with Crippen molar-refractivity contribution in [2.45, 2.75) is 0 Å². The molecule has 1 aliphatic heterocycles. The molecule has 0 saturated heterocycles. The van der Waals surface area contributed by atoms with Crippen LogP contribution in [0.3, 0.4) is 0 Å². The van der Waals surface area contributed by atoms with E-state index >= 15 is 0 Å². The van der Waals surface area contributed by atoms with Gasteiger partial charge in [-0.1, -0.05) is 0 Å². The lowest BCUT2D eigenvalue weighted by atomic mass is 10.3. The van der Waals surface area contributed by atoms with E-state index < -0.39 is 24.6 Å². The second-order valence-electron chi connectivity index (χ2n) is 12.2. The minimum Gasteiger partial charge on any atom is -0.497 e. The van der Waals surface area contributed by atoms with E-state index in [4.69, 9.17) is 60.7 Å². The molecule has 1 heterocycles. The van der Waals surface area contributed by atoms with Gasteiger partial charge in [0, 0.05) is 9.21 Å². The highest BCUT2D eigenvalue weighted by molar-refractivity contribution is 7.78. The second-order valence-corrected chi connectivity index (χ2v) is 17.7. The third-order valence-electron chi connectivity index (χ3n) is 8.40. The van der Waals surface area contributed by atoms with Gasteiger partial charge in [0.1, 0.15) is 69.0 Å². The highest BCUT2D eigenvalue weighted by Crippen LogP contribution is 2.77. The first-order chi connectivity index (χ1) is 29.3. The van der Waals surface area contributed by atoms with Crippen LogP contribution in [0.2, 0.25) is 0 Å². The van der Waals surface area contributed by atoms with Crippen LogP contribution in [0, 0.1) is 0 Å². The maximum absolute atomic E-state index is 7.02. The highest BCUT2D eigenvalue weighted by atomic mass is 31.3. The zero-order valence-electron chi connectivity index (χ0n) is 33.4. The molecule has 15 nitrogen and oxygen atoms in total. The van der Waals surface area contributed by atoms with Crippen LogP contribution in [-0.4, -0.2) is 51.9 Å². The molecule has 60 heavy (non-hydrogen) atoms.